The van der Waals surface area contributed by atoms with Crippen LogP contribution < -0.4 is 9.64 Å². The standard InChI is InChI=1S/C20H12FNO3/c21-13-9-11-15(12-10-13)25-17-8-4-7-16-18(17)20(24)22(19(16)23)14-5-2-1-3-6-14/h1-12H. The summed E-state index contributed by atoms with van der Waals surface area (Å²) in [7, 11) is 0. The zero-order valence-corrected chi connectivity index (χ0v) is 13.0. The number of hydrogen-bond acceptors (Lipinski definition) is 3. The lowest BCUT2D eigenvalue weighted by Crippen LogP contribution is -2.29. The molecule has 0 aliphatic carbocycles. The van der Waals surface area contributed by atoms with Gasteiger partial charge in [0, 0.05) is 0 Å². The zero-order chi connectivity index (χ0) is 17.4. The molecular formula is C20H12FNO3. The molecule has 122 valence electrons. The van der Waals surface area contributed by atoms with E-state index in [0.717, 1.165) is 4.90 Å². The van der Waals surface area contributed by atoms with E-state index in [2.05, 4.69) is 0 Å². The number of halogens is 1. The highest BCUT2D eigenvalue weighted by atomic mass is 19.1. The Morgan fingerprint density at radius 1 is 0.760 bits per heavy atom. The molecule has 4 nitrogen and oxygen atoms in total. The van der Waals surface area contributed by atoms with Crippen molar-refractivity contribution in [2.24, 2.45) is 0 Å². The summed E-state index contributed by atoms with van der Waals surface area (Å²) < 4.78 is 18.7. The Balaban J connectivity index is 1.75. The first-order chi connectivity index (χ1) is 12.1. The van der Waals surface area contributed by atoms with Crippen molar-refractivity contribution >= 4 is 17.5 Å². The first-order valence-corrected chi connectivity index (χ1v) is 7.65. The third-order valence-electron chi connectivity index (χ3n) is 3.93. The van der Waals surface area contributed by atoms with Gasteiger partial charge in [-0.1, -0.05) is 24.3 Å². The van der Waals surface area contributed by atoms with Crippen molar-refractivity contribution < 1.29 is 18.7 Å². The Morgan fingerprint density at radius 2 is 1.48 bits per heavy atom. The van der Waals surface area contributed by atoms with Gasteiger partial charge in [-0.05, 0) is 48.5 Å². The van der Waals surface area contributed by atoms with Crippen LogP contribution in [0.3, 0.4) is 0 Å². The van der Waals surface area contributed by atoms with Crippen LogP contribution in [0.5, 0.6) is 11.5 Å². The van der Waals surface area contributed by atoms with E-state index in [-0.39, 0.29) is 22.7 Å². The Kier molecular flexibility index (Phi) is 3.54. The number of carbonyl (C=O) groups excluding carboxylic acids is 2. The predicted molar refractivity (Wildman–Crippen MR) is 90.5 cm³/mol. The second-order valence-corrected chi connectivity index (χ2v) is 5.52. The number of imide groups is 1. The first kappa shape index (κ1) is 15.1. The Bertz CT molecular complexity index is 968. The van der Waals surface area contributed by atoms with Gasteiger partial charge in [0.1, 0.15) is 17.3 Å². The summed E-state index contributed by atoms with van der Waals surface area (Å²) in [5.41, 5.74) is 0.996. The summed E-state index contributed by atoms with van der Waals surface area (Å²) in [6, 6.07) is 19.0. The number of ether oxygens (including phenoxy) is 1. The van der Waals surface area contributed by atoms with Crippen molar-refractivity contribution in [2.45, 2.75) is 0 Å². The van der Waals surface area contributed by atoms with Gasteiger partial charge in [-0.2, -0.15) is 0 Å². The minimum absolute atomic E-state index is 0.209. The van der Waals surface area contributed by atoms with E-state index in [1.807, 2.05) is 6.07 Å². The number of nitrogens with zero attached hydrogens (tertiary/aromatic N) is 1. The van der Waals surface area contributed by atoms with E-state index in [0.29, 0.717) is 11.4 Å². The molecule has 0 N–H and O–H groups in total. The monoisotopic (exact) mass is 333 g/mol. The number of para-hydroxylation sites is 1. The van der Waals surface area contributed by atoms with Crippen LogP contribution in [-0.2, 0) is 0 Å². The normalized spacial score (nSPS) is 13.1. The topological polar surface area (TPSA) is 46.6 Å². The predicted octanol–water partition coefficient (Wildman–Crippen LogP) is 4.42. The van der Waals surface area contributed by atoms with E-state index < -0.39 is 11.8 Å². The summed E-state index contributed by atoms with van der Waals surface area (Å²) in [5, 5.41) is 0. The molecule has 0 saturated heterocycles. The van der Waals surface area contributed by atoms with E-state index in [9.17, 15) is 14.0 Å². The van der Waals surface area contributed by atoms with E-state index in [1.165, 1.54) is 24.3 Å². The fraction of sp³-hybridized carbons (Fsp3) is 0. The Labute approximate surface area is 143 Å². The minimum Gasteiger partial charge on any atom is -0.457 e. The van der Waals surface area contributed by atoms with Crippen LogP contribution in [0.4, 0.5) is 10.1 Å². The molecule has 0 atom stereocenters. The summed E-state index contributed by atoms with van der Waals surface area (Å²) in [4.78, 5) is 26.6. The SMILES string of the molecule is O=C1c2cccc(Oc3ccc(F)cc3)c2C(=O)N1c1ccccc1. The highest BCUT2D eigenvalue weighted by Gasteiger charge is 2.39. The number of rotatable bonds is 3. The molecule has 0 bridgehead atoms. The van der Waals surface area contributed by atoms with E-state index >= 15 is 0 Å². The van der Waals surface area contributed by atoms with Crippen LogP contribution in [0.2, 0.25) is 0 Å². The van der Waals surface area contributed by atoms with Crippen molar-refractivity contribution in [2.75, 3.05) is 4.90 Å². The largest absolute Gasteiger partial charge is 0.457 e. The van der Waals surface area contributed by atoms with Gasteiger partial charge in [0.05, 0.1) is 16.8 Å². The lowest BCUT2D eigenvalue weighted by Gasteiger charge is -2.13. The molecule has 0 spiro atoms. The maximum Gasteiger partial charge on any atom is 0.269 e. The summed E-state index contributed by atoms with van der Waals surface area (Å²) >= 11 is 0. The van der Waals surface area contributed by atoms with Gasteiger partial charge in [-0.15, -0.1) is 0 Å². The van der Waals surface area contributed by atoms with Crippen molar-refractivity contribution in [3.63, 3.8) is 0 Å². The maximum absolute atomic E-state index is 13.0. The molecule has 1 heterocycles. The Hall–Kier alpha value is -3.47. The van der Waals surface area contributed by atoms with Crippen LogP contribution in [0, 0.1) is 5.82 Å². The summed E-state index contributed by atoms with van der Waals surface area (Å²) in [5.74, 6) is -0.569. The third-order valence-corrected chi connectivity index (χ3v) is 3.93. The smallest absolute Gasteiger partial charge is 0.269 e. The molecule has 0 radical (unpaired) electrons. The third kappa shape index (κ3) is 2.55. The minimum atomic E-state index is -0.441. The van der Waals surface area contributed by atoms with Crippen molar-refractivity contribution in [1.82, 2.24) is 0 Å². The van der Waals surface area contributed by atoms with Crippen LogP contribution in [0.1, 0.15) is 20.7 Å². The molecule has 1 aliphatic rings. The molecule has 1 aliphatic heterocycles. The number of carbonyl (C=O) groups is 2. The zero-order valence-electron chi connectivity index (χ0n) is 13.0. The van der Waals surface area contributed by atoms with Gasteiger partial charge in [-0.3, -0.25) is 9.59 Å². The van der Waals surface area contributed by atoms with E-state index in [4.69, 9.17) is 4.74 Å². The average Bonchev–Trinajstić information content (AvgIpc) is 2.89. The molecule has 3 aromatic rings. The highest BCUT2D eigenvalue weighted by Crippen LogP contribution is 2.35. The fourth-order valence-corrected chi connectivity index (χ4v) is 2.78. The fourth-order valence-electron chi connectivity index (χ4n) is 2.78. The van der Waals surface area contributed by atoms with Crippen LogP contribution in [0.25, 0.3) is 0 Å². The maximum atomic E-state index is 13.0. The molecule has 3 aromatic carbocycles. The second-order valence-electron chi connectivity index (χ2n) is 5.52. The van der Waals surface area contributed by atoms with Crippen molar-refractivity contribution in [1.29, 1.82) is 0 Å². The van der Waals surface area contributed by atoms with E-state index in [1.54, 1.807) is 42.5 Å². The van der Waals surface area contributed by atoms with Crippen molar-refractivity contribution in [3.05, 3.63) is 89.7 Å². The number of benzene rings is 3. The van der Waals surface area contributed by atoms with Gasteiger partial charge >= 0.3 is 0 Å². The van der Waals surface area contributed by atoms with Gasteiger partial charge < -0.3 is 4.74 Å². The van der Waals surface area contributed by atoms with Crippen molar-refractivity contribution in [3.8, 4) is 11.5 Å². The second kappa shape index (κ2) is 5.87. The number of amides is 2. The molecule has 0 unspecified atom stereocenters. The van der Waals surface area contributed by atoms with Crippen LogP contribution in [0.15, 0.2) is 72.8 Å². The van der Waals surface area contributed by atoms with Crippen LogP contribution in [-0.4, -0.2) is 11.8 Å². The first-order valence-electron chi connectivity index (χ1n) is 7.65. The van der Waals surface area contributed by atoms with Crippen LogP contribution >= 0.6 is 0 Å². The molecule has 4 rings (SSSR count). The number of fused-ring (bicyclic) bond motifs is 1. The molecule has 25 heavy (non-hydrogen) atoms. The molecular weight excluding hydrogens is 321 g/mol. The van der Waals surface area contributed by atoms with Gasteiger partial charge in [-0.25, -0.2) is 9.29 Å². The molecule has 0 saturated carbocycles. The molecule has 5 heteroatoms. The molecule has 0 aromatic heterocycles. The molecule has 0 fully saturated rings. The lowest BCUT2D eigenvalue weighted by molar-refractivity contribution is 0.0925. The summed E-state index contributed by atoms with van der Waals surface area (Å²) in [6.07, 6.45) is 0. The average molecular weight is 333 g/mol. The van der Waals surface area contributed by atoms with Gasteiger partial charge in [0.25, 0.3) is 11.8 Å². The quantitative estimate of drug-likeness (QED) is 0.667. The Morgan fingerprint density at radius 3 is 2.20 bits per heavy atom. The van der Waals surface area contributed by atoms with Gasteiger partial charge in [0.15, 0.2) is 0 Å². The number of hydrogen-bond donors (Lipinski definition) is 0. The molecule has 2 amide bonds. The summed E-state index contributed by atoms with van der Waals surface area (Å²) in [6.45, 7) is 0. The highest BCUT2D eigenvalue weighted by molar-refractivity contribution is 6.35. The lowest BCUT2D eigenvalue weighted by atomic mass is 10.1. The number of anilines is 1. The van der Waals surface area contributed by atoms with Gasteiger partial charge in [0.2, 0.25) is 0 Å².